The van der Waals surface area contributed by atoms with Crippen molar-refractivity contribution in [3.05, 3.63) is 35.4 Å². The second-order valence-corrected chi connectivity index (χ2v) is 2.53. The average molecular weight is 232 g/mol. The Morgan fingerprint density at radius 2 is 1.25 bits per heavy atom. The van der Waals surface area contributed by atoms with Gasteiger partial charge in [-0.1, -0.05) is 12.1 Å². The Bertz CT molecular complexity index is 333. The van der Waals surface area contributed by atoms with Gasteiger partial charge in [-0.3, -0.25) is 0 Å². The second-order valence-electron chi connectivity index (χ2n) is 2.53. The van der Waals surface area contributed by atoms with Gasteiger partial charge in [0, 0.05) is 17.4 Å². The summed E-state index contributed by atoms with van der Waals surface area (Å²) >= 11 is 0. The van der Waals surface area contributed by atoms with E-state index in [0.29, 0.717) is 0 Å². The van der Waals surface area contributed by atoms with Crippen LogP contribution in [0.1, 0.15) is 20.7 Å². The molecule has 0 aliphatic rings. The summed E-state index contributed by atoms with van der Waals surface area (Å²) in [6.07, 6.45) is 0. The molecule has 0 N–H and O–H groups in total. The summed E-state index contributed by atoms with van der Waals surface area (Å²) in [7, 11) is 2.52. The maximum Gasteiger partial charge on any atom is 1.00 e. The van der Waals surface area contributed by atoms with Gasteiger partial charge in [-0.15, -0.1) is 0 Å². The Hall–Kier alpha value is -0.710. The van der Waals surface area contributed by atoms with Crippen molar-refractivity contribution in [1.29, 1.82) is 0 Å². The Morgan fingerprint density at radius 3 is 1.50 bits per heavy atom. The number of benzene rings is 1. The quantitative estimate of drug-likeness (QED) is 0.398. The number of hydrogen-bond acceptors (Lipinski definition) is 4. The van der Waals surface area contributed by atoms with Gasteiger partial charge in [0.2, 0.25) is 0 Å². The molecule has 6 heteroatoms. The molecule has 0 saturated heterocycles. The molecule has 82 valence electrons. The third kappa shape index (κ3) is 4.04. The molecule has 16 heavy (non-hydrogen) atoms. The first-order valence-corrected chi connectivity index (χ1v) is 3.96. The fourth-order valence-electron chi connectivity index (χ4n) is 1.06. The predicted octanol–water partition coefficient (Wildman–Crippen LogP) is -3.19. The van der Waals surface area contributed by atoms with Crippen molar-refractivity contribution in [2.24, 2.45) is 0 Å². The van der Waals surface area contributed by atoms with E-state index in [0.717, 1.165) is 0 Å². The Kier molecular flexibility index (Phi) is 9.33. The van der Waals surface area contributed by atoms with Crippen LogP contribution in [0, 0.1) is 0 Å². The maximum atomic E-state index is 11.2. The van der Waals surface area contributed by atoms with E-state index in [2.05, 4.69) is 9.47 Å². The molecule has 0 aliphatic heterocycles. The fourth-order valence-corrected chi connectivity index (χ4v) is 1.06. The van der Waals surface area contributed by atoms with Gasteiger partial charge in [0.05, 0.1) is 25.3 Å². The number of ether oxygens (including phenoxy) is 2. The van der Waals surface area contributed by atoms with Crippen LogP contribution >= 0.6 is 0 Å². The van der Waals surface area contributed by atoms with Crippen molar-refractivity contribution in [2.75, 3.05) is 14.2 Å². The number of carbonyl (C=O) groups excluding carboxylic acids is 2. The standard InChI is InChI=1S/C10H10O4.Al.Li.4H/c1-13-9(11)7-5-3-4-6-8(7)10(12)14-2;;;;;;/h3-6H,1-2H3;;;;;;/q;-1;+1;;;;. The summed E-state index contributed by atoms with van der Waals surface area (Å²) in [6.45, 7) is 0. The van der Waals surface area contributed by atoms with E-state index in [1.165, 1.54) is 26.4 Å². The Morgan fingerprint density at radius 1 is 0.938 bits per heavy atom. The van der Waals surface area contributed by atoms with E-state index in [9.17, 15) is 9.59 Å². The summed E-state index contributed by atoms with van der Waals surface area (Å²) in [5, 5.41) is 0. The smallest absolute Gasteiger partial charge is 0.465 e. The van der Waals surface area contributed by atoms with Gasteiger partial charge in [0.25, 0.3) is 0 Å². The minimum absolute atomic E-state index is 0. The molecule has 0 bridgehead atoms. The minimum atomic E-state index is -0.550. The van der Waals surface area contributed by atoms with Crippen LogP contribution in [0.4, 0.5) is 0 Å². The van der Waals surface area contributed by atoms with Crippen LogP contribution in [0.2, 0.25) is 0 Å². The van der Waals surface area contributed by atoms with Crippen LogP contribution in [0.15, 0.2) is 24.3 Å². The molecule has 0 spiro atoms. The van der Waals surface area contributed by atoms with Crippen LogP contribution < -0.4 is 18.9 Å². The van der Waals surface area contributed by atoms with E-state index in [1.807, 2.05) is 0 Å². The molecule has 0 saturated carbocycles. The van der Waals surface area contributed by atoms with Crippen LogP contribution in [0.5, 0.6) is 0 Å². The molecule has 0 amide bonds. The first-order chi connectivity index (χ1) is 6.70. The first kappa shape index (κ1) is 17.7. The average Bonchev–Trinajstić information content (AvgIpc) is 2.27. The van der Waals surface area contributed by atoms with E-state index >= 15 is 0 Å². The summed E-state index contributed by atoms with van der Waals surface area (Å²) < 4.78 is 9.05. The van der Waals surface area contributed by atoms with Crippen molar-refractivity contribution in [3.8, 4) is 0 Å². The summed E-state index contributed by atoms with van der Waals surface area (Å²) in [4.78, 5) is 22.4. The number of hydrogen-bond donors (Lipinski definition) is 0. The van der Waals surface area contributed by atoms with Gasteiger partial charge >= 0.3 is 30.8 Å². The first-order valence-electron chi connectivity index (χ1n) is 3.96. The van der Waals surface area contributed by atoms with Crippen molar-refractivity contribution < 1.29 is 37.9 Å². The Balaban J connectivity index is 0. The molecule has 0 aliphatic carbocycles. The zero-order valence-corrected chi connectivity index (χ0v) is 8.94. The van der Waals surface area contributed by atoms with Gasteiger partial charge in [0.1, 0.15) is 0 Å². The molecule has 0 atom stereocenters. The normalized spacial score (nSPS) is 8.12. The van der Waals surface area contributed by atoms with Crippen molar-refractivity contribution in [1.82, 2.24) is 0 Å². The summed E-state index contributed by atoms with van der Waals surface area (Å²) in [5.41, 5.74) is 0.420. The van der Waals surface area contributed by atoms with Gasteiger partial charge < -0.3 is 9.47 Å². The zero-order chi connectivity index (χ0) is 10.6. The molecule has 0 heterocycles. The summed E-state index contributed by atoms with van der Waals surface area (Å²) in [5.74, 6) is -1.10. The fraction of sp³-hybridized carbons (Fsp3) is 0.200. The molecule has 4 nitrogen and oxygen atoms in total. The molecular formula is C10H14AlLiO4. The van der Waals surface area contributed by atoms with Gasteiger partial charge in [0.15, 0.2) is 0 Å². The molecule has 1 aromatic carbocycles. The molecule has 0 aromatic heterocycles. The van der Waals surface area contributed by atoms with E-state index < -0.39 is 11.9 Å². The molecular weight excluding hydrogens is 218 g/mol. The number of rotatable bonds is 2. The van der Waals surface area contributed by atoms with Crippen molar-refractivity contribution >= 4 is 29.3 Å². The van der Waals surface area contributed by atoms with Crippen molar-refractivity contribution in [2.45, 2.75) is 0 Å². The van der Waals surface area contributed by atoms with Gasteiger partial charge in [-0.05, 0) is 12.1 Å². The van der Waals surface area contributed by atoms with Crippen LogP contribution in [0.3, 0.4) is 0 Å². The van der Waals surface area contributed by atoms with Crippen LogP contribution in [-0.2, 0) is 9.47 Å². The molecule has 0 fully saturated rings. The number of carbonyl (C=O) groups is 2. The molecule has 1 rings (SSSR count). The number of esters is 2. The van der Waals surface area contributed by atoms with E-state index in [-0.39, 0.29) is 47.3 Å². The van der Waals surface area contributed by atoms with Crippen LogP contribution in [-0.4, -0.2) is 43.5 Å². The molecule has 0 unspecified atom stereocenters. The topological polar surface area (TPSA) is 52.6 Å². The van der Waals surface area contributed by atoms with Crippen LogP contribution in [0.25, 0.3) is 0 Å². The maximum absolute atomic E-state index is 11.2. The molecule has 1 aromatic rings. The predicted molar refractivity (Wildman–Crippen MR) is 60.5 cm³/mol. The molecule has 0 radical (unpaired) electrons. The zero-order valence-electron chi connectivity index (χ0n) is 8.94. The van der Waals surface area contributed by atoms with E-state index in [1.54, 1.807) is 12.1 Å². The van der Waals surface area contributed by atoms with Gasteiger partial charge in [-0.25, -0.2) is 9.59 Å². The minimum Gasteiger partial charge on any atom is -0.465 e. The SMILES string of the molecule is COC(=O)c1ccccc1C(=O)OC.[AlH4-].[Li+]. The Labute approximate surface area is 117 Å². The van der Waals surface area contributed by atoms with Gasteiger partial charge in [-0.2, -0.15) is 0 Å². The summed E-state index contributed by atoms with van der Waals surface area (Å²) in [6, 6.07) is 6.33. The monoisotopic (exact) mass is 232 g/mol. The third-order valence-electron chi connectivity index (χ3n) is 1.74. The third-order valence-corrected chi connectivity index (χ3v) is 1.74. The van der Waals surface area contributed by atoms with E-state index in [4.69, 9.17) is 0 Å². The number of methoxy groups -OCH3 is 2. The van der Waals surface area contributed by atoms with Crippen molar-refractivity contribution in [3.63, 3.8) is 0 Å². The second kappa shape index (κ2) is 8.44. The largest absolute Gasteiger partial charge is 1.00 e.